The summed E-state index contributed by atoms with van der Waals surface area (Å²) >= 11 is 2.81. The lowest BCUT2D eigenvalue weighted by Crippen LogP contribution is -2.31. The van der Waals surface area contributed by atoms with Crippen LogP contribution in [0.5, 0.6) is 5.06 Å². The summed E-state index contributed by atoms with van der Waals surface area (Å²) in [7, 11) is 2.12. The van der Waals surface area contributed by atoms with E-state index in [1.54, 1.807) is 17.8 Å². The lowest BCUT2D eigenvalue weighted by atomic mass is 10.1. The third-order valence-corrected chi connectivity index (χ3v) is 9.13. The zero-order valence-corrected chi connectivity index (χ0v) is 21.5. The molecule has 0 bridgehead atoms. The number of halogens is 3. The Morgan fingerprint density at radius 2 is 1.97 bits per heavy atom. The van der Waals surface area contributed by atoms with Gasteiger partial charge < -0.3 is 15.0 Å². The first-order valence-electron chi connectivity index (χ1n) is 12.2. The van der Waals surface area contributed by atoms with Crippen molar-refractivity contribution in [2.45, 2.75) is 55.1 Å². The van der Waals surface area contributed by atoms with Crippen molar-refractivity contribution in [3.8, 4) is 15.6 Å². The van der Waals surface area contributed by atoms with Crippen LogP contribution in [0.4, 0.5) is 24.9 Å². The summed E-state index contributed by atoms with van der Waals surface area (Å²) in [6.45, 7) is 2.60. The maximum Gasteiger partial charge on any atom is 0.420 e. The van der Waals surface area contributed by atoms with Crippen molar-refractivity contribution < 1.29 is 17.9 Å². The highest BCUT2D eigenvalue weighted by Gasteiger charge is 2.37. The average molecular weight is 537 g/mol. The normalized spacial score (nSPS) is 19.6. The topological polar surface area (TPSA) is 68.1 Å². The van der Waals surface area contributed by atoms with Crippen LogP contribution in [-0.2, 0) is 6.18 Å². The van der Waals surface area contributed by atoms with E-state index >= 15 is 0 Å². The summed E-state index contributed by atoms with van der Waals surface area (Å²) in [5, 5.41) is 8.63. The van der Waals surface area contributed by atoms with Gasteiger partial charge in [-0.3, -0.25) is 4.68 Å². The molecule has 1 aliphatic carbocycles. The Morgan fingerprint density at radius 1 is 1.17 bits per heavy atom. The minimum absolute atomic E-state index is 0.116. The van der Waals surface area contributed by atoms with Crippen LogP contribution < -0.4 is 10.1 Å². The molecular weight excluding hydrogens is 509 g/mol. The average Bonchev–Trinajstić information content (AvgIpc) is 3.55. The molecule has 12 heteroatoms. The number of thiophene rings is 1. The number of nitrogens with one attached hydrogen (secondary N) is 1. The molecule has 0 radical (unpaired) electrons. The van der Waals surface area contributed by atoms with Crippen molar-refractivity contribution >= 4 is 34.9 Å². The van der Waals surface area contributed by atoms with Crippen LogP contribution in [0, 0.1) is 0 Å². The smallest absolute Gasteiger partial charge is 0.420 e. The van der Waals surface area contributed by atoms with Crippen LogP contribution in [0.2, 0.25) is 0 Å². The third kappa shape index (κ3) is 4.95. The number of hydrogen-bond acceptors (Lipinski definition) is 8. The molecule has 2 fully saturated rings. The van der Waals surface area contributed by atoms with E-state index in [0.29, 0.717) is 34.3 Å². The van der Waals surface area contributed by atoms with Gasteiger partial charge in [-0.15, -0.1) is 11.8 Å². The van der Waals surface area contributed by atoms with Crippen LogP contribution in [0.25, 0.3) is 10.6 Å². The van der Waals surface area contributed by atoms with Crippen LogP contribution in [0.1, 0.15) is 55.2 Å². The summed E-state index contributed by atoms with van der Waals surface area (Å²) in [5.41, 5.74) is 0.102. The number of likely N-dealkylation sites (tertiary alicyclic amines) is 1. The van der Waals surface area contributed by atoms with Gasteiger partial charge in [-0.05, 0) is 64.2 Å². The fraction of sp³-hybridized carbons (Fsp3) is 0.542. The van der Waals surface area contributed by atoms with Crippen molar-refractivity contribution in [1.29, 1.82) is 0 Å². The van der Waals surface area contributed by atoms with Gasteiger partial charge in [0.2, 0.25) is 5.95 Å². The van der Waals surface area contributed by atoms with Gasteiger partial charge in [-0.2, -0.15) is 18.3 Å². The summed E-state index contributed by atoms with van der Waals surface area (Å²) in [5.74, 6) is 2.05. The molecule has 2 aliphatic heterocycles. The molecule has 3 aliphatic rings. The number of rotatable bonds is 5. The predicted octanol–water partition coefficient (Wildman–Crippen LogP) is 6.18. The second-order valence-electron chi connectivity index (χ2n) is 9.61. The quantitative estimate of drug-likeness (QED) is 0.418. The first-order chi connectivity index (χ1) is 17.3. The fourth-order valence-electron chi connectivity index (χ4n) is 4.67. The highest BCUT2D eigenvalue weighted by atomic mass is 32.2. The number of nitrogens with zero attached hydrogens (tertiary/aromatic N) is 5. The van der Waals surface area contributed by atoms with E-state index < -0.39 is 11.7 Å². The summed E-state index contributed by atoms with van der Waals surface area (Å²) in [6, 6.07) is 2.07. The van der Waals surface area contributed by atoms with E-state index in [0.717, 1.165) is 67.6 Å². The highest BCUT2D eigenvalue weighted by Crippen LogP contribution is 2.47. The SMILES string of the molecule is CN1CCC(n2cc(C3CC3)c(Nc3ncc(C(F)(F)F)c(-c4cc5c(s4)OCCCS5)n3)n2)CC1. The zero-order valence-electron chi connectivity index (χ0n) is 19.8. The molecule has 0 amide bonds. The molecule has 3 aromatic heterocycles. The molecule has 0 unspecified atom stereocenters. The highest BCUT2D eigenvalue weighted by molar-refractivity contribution is 7.99. The van der Waals surface area contributed by atoms with Crippen LogP contribution in [0.3, 0.4) is 0 Å². The summed E-state index contributed by atoms with van der Waals surface area (Å²) in [4.78, 5) is 12.0. The van der Waals surface area contributed by atoms with E-state index in [-0.39, 0.29) is 11.6 Å². The number of fused-ring (bicyclic) bond motifs is 1. The second kappa shape index (κ2) is 9.53. The van der Waals surface area contributed by atoms with Crippen molar-refractivity contribution in [2.75, 3.05) is 37.8 Å². The minimum Gasteiger partial charge on any atom is -0.483 e. The maximum absolute atomic E-state index is 13.9. The minimum atomic E-state index is -4.57. The Labute approximate surface area is 215 Å². The van der Waals surface area contributed by atoms with Crippen LogP contribution in [0.15, 0.2) is 23.4 Å². The van der Waals surface area contributed by atoms with Crippen LogP contribution in [-0.4, -0.2) is 57.1 Å². The first-order valence-corrected chi connectivity index (χ1v) is 14.0. The first kappa shape index (κ1) is 24.1. The number of anilines is 2. The summed E-state index contributed by atoms with van der Waals surface area (Å²) in [6.07, 6.45) is 3.52. The number of thioether (sulfide) groups is 1. The van der Waals surface area contributed by atoms with Crippen LogP contribution >= 0.6 is 23.1 Å². The van der Waals surface area contributed by atoms with Gasteiger partial charge in [0.15, 0.2) is 10.9 Å². The van der Waals surface area contributed by atoms with Crippen molar-refractivity contribution in [3.63, 3.8) is 0 Å². The Bertz CT molecular complexity index is 1220. The molecule has 7 nitrogen and oxygen atoms in total. The molecule has 1 saturated heterocycles. The molecular formula is C24H27F3N6OS2. The Balaban J connectivity index is 1.33. The molecule has 6 rings (SSSR count). The van der Waals surface area contributed by atoms with E-state index in [2.05, 4.69) is 33.4 Å². The molecule has 0 atom stereocenters. The predicted molar refractivity (Wildman–Crippen MR) is 134 cm³/mol. The van der Waals surface area contributed by atoms with Gasteiger partial charge in [-0.1, -0.05) is 11.3 Å². The van der Waals surface area contributed by atoms with E-state index in [1.165, 1.54) is 11.3 Å². The van der Waals surface area contributed by atoms with Crippen molar-refractivity contribution in [1.82, 2.24) is 24.6 Å². The van der Waals surface area contributed by atoms with E-state index in [4.69, 9.17) is 9.84 Å². The Kier molecular flexibility index (Phi) is 6.37. The Hall–Kier alpha value is -2.31. The maximum atomic E-state index is 13.9. The van der Waals surface area contributed by atoms with E-state index in [1.807, 2.05) is 4.68 Å². The number of hydrogen-bond donors (Lipinski definition) is 1. The van der Waals surface area contributed by atoms with Gasteiger partial charge in [0, 0.05) is 23.7 Å². The largest absolute Gasteiger partial charge is 0.483 e. The van der Waals surface area contributed by atoms with Crippen molar-refractivity contribution in [3.05, 3.63) is 29.6 Å². The van der Waals surface area contributed by atoms with Gasteiger partial charge in [0.1, 0.15) is 5.56 Å². The van der Waals surface area contributed by atoms with Gasteiger partial charge in [-0.25, -0.2) is 9.97 Å². The van der Waals surface area contributed by atoms with Gasteiger partial charge >= 0.3 is 6.18 Å². The third-order valence-electron chi connectivity index (χ3n) is 6.84. The van der Waals surface area contributed by atoms with Crippen molar-refractivity contribution in [2.24, 2.45) is 0 Å². The molecule has 0 spiro atoms. The standard InChI is InChI=1S/C24H27F3N6OS2/c1-32-7-5-15(6-8-32)33-13-16(14-3-4-14)21(31-33)30-23-28-12-17(24(25,26)27)20(29-23)18-11-19-22(36-18)34-9-2-10-35-19/h11-15H,2-10H2,1H3,(H,28,29,30,31). The lowest BCUT2D eigenvalue weighted by Gasteiger charge is -2.28. The molecule has 36 heavy (non-hydrogen) atoms. The van der Waals surface area contributed by atoms with Gasteiger partial charge in [0.25, 0.3) is 0 Å². The van der Waals surface area contributed by atoms with Gasteiger partial charge in [0.05, 0.1) is 28.1 Å². The molecule has 1 saturated carbocycles. The monoisotopic (exact) mass is 536 g/mol. The molecule has 3 aromatic rings. The number of ether oxygens (including phenoxy) is 1. The lowest BCUT2D eigenvalue weighted by molar-refractivity contribution is -0.137. The molecule has 192 valence electrons. The zero-order chi connectivity index (χ0) is 24.9. The van der Waals surface area contributed by atoms with E-state index in [9.17, 15) is 13.2 Å². The Morgan fingerprint density at radius 3 is 2.72 bits per heavy atom. The number of alkyl halides is 3. The molecule has 5 heterocycles. The molecule has 0 aromatic carbocycles. The second-order valence-corrected chi connectivity index (χ2v) is 11.8. The number of aromatic nitrogens is 4. The number of piperidine rings is 1. The summed E-state index contributed by atoms with van der Waals surface area (Å²) < 4.78 is 49.5. The molecule has 1 N–H and O–H groups in total. The fourth-order valence-corrected chi connectivity index (χ4v) is 6.83.